The van der Waals surface area contributed by atoms with Gasteiger partial charge in [0, 0.05) is 13.0 Å². The Morgan fingerprint density at radius 2 is 2.33 bits per heavy atom. The van der Waals surface area contributed by atoms with Crippen molar-refractivity contribution in [3.8, 4) is 12.3 Å². The van der Waals surface area contributed by atoms with Crippen molar-refractivity contribution >= 4 is 0 Å². The first-order valence-corrected chi connectivity index (χ1v) is 2.98. The van der Waals surface area contributed by atoms with Crippen molar-refractivity contribution in [3.63, 3.8) is 0 Å². The van der Waals surface area contributed by atoms with Crippen molar-refractivity contribution < 1.29 is 5.11 Å². The van der Waals surface area contributed by atoms with Gasteiger partial charge in [-0.25, -0.2) is 0 Å². The van der Waals surface area contributed by atoms with E-state index in [1.165, 1.54) is 0 Å². The highest BCUT2D eigenvalue weighted by molar-refractivity contribution is 4.87. The highest BCUT2D eigenvalue weighted by Gasteiger charge is 2.15. The predicted octanol–water partition coefficient (Wildman–Crippen LogP) is 0.110. The molecule has 0 bridgehead atoms. The van der Waals surface area contributed by atoms with Crippen LogP contribution in [0.15, 0.2) is 0 Å². The lowest BCUT2D eigenvalue weighted by Gasteiger charge is -2.18. The van der Waals surface area contributed by atoms with Gasteiger partial charge in [-0.2, -0.15) is 0 Å². The number of terminal acetylenes is 1. The number of hydrogen-bond acceptors (Lipinski definition) is 2. The second-order valence-corrected chi connectivity index (χ2v) is 2.41. The highest BCUT2D eigenvalue weighted by atomic mass is 16.3. The van der Waals surface area contributed by atoms with E-state index in [1.807, 2.05) is 0 Å². The molecule has 0 aliphatic heterocycles. The Morgan fingerprint density at radius 3 is 2.67 bits per heavy atom. The number of rotatable bonds is 3. The molecule has 0 amide bonds. The molecule has 0 saturated heterocycles. The highest BCUT2D eigenvalue weighted by Crippen LogP contribution is 2.08. The Kier molecular flexibility index (Phi) is 3.29. The van der Waals surface area contributed by atoms with Gasteiger partial charge in [0.2, 0.25) is 0 Å². The van der Waals surface area contributed by atoms with Gasteiger partial charge < -0.3 is 10.8 Å². The zero-order chi connectivity index (χ0) is 7.33. The Labute approximate surface area is 56.1 Å². The van der Waals surface area contributed by atoms with Crippen molar-refractivity contribution in [2.75, 3.05) is 6.54 Å². The standard InChI is InChI=1S/C7H13NO/c1-3-4-5-7(2,9)6-8/h1,9H,4-6,8H2,2H3. The van der Waals surface area contributed by atoms with Gasteiger partial charge in [-0.3, -0.25) is 0 Å². The van der Waals surface area contributed by atoms with Crippen LogP contribution >= 0.6 is 0 Å². The first kappa shape index (κ1) is 8.48. The Morgan fingerprint density at radius 1 is 1.78 bits per heavy atom. The first-order chi connectivity index (χ1) is 4.12. The van der Waals surface area contributed by atoms with Crippen molar-refractivity contribution in [2.24, 2.45) is 5.73 Å². The molecule has 2 heteroatoms. The molecule has 0 aliphatic carbocycles. The lowest BCUT2D eigenvalue weighted by Crippen LogP contribution is -2.33. The summed E-state index contributed by atoms with van der Waals surface area (Å²) < 4.78 is 0. The normalized spacial score (nSPS) is 16.2. The smallest absolute Gasteiger partial charge is 0.0750 e. The number of aliphatic hydroxyl groups is 1. The van der Waals surface area contributed by atoms with Gasteiger partial charge in [0.25, 0.3) is 0 Å². The van der Waals surface area contributed by atoms with Crippen molar-refractivity contribution in [1.29, 1.82) is 0 Å². The third-order valence-corrected chi connectivity index (χ3v) is 1.25. The molecule has 1 unspecified atom stereocenters. The van der Waals surface area contributed by atoms with Crippen LogP contribution in [-0.2, 0) is 0 Å². The van der Waals surface area contributed by atoms with Crippen LogP contribution in [0, 0.1) is 12.3 Å². The average Bonchev–Trinajstić information content (AvgIpc) is 1.84. The molecule has 0 heterocycles. The minimum Gasteiger partial charge on any atom is -0.389 e. The molecule has 0 fully saturated rings. The van der Waals surface area contributed by atoms with Gasteiger partial charge in [-0.15, -0.1) is 12.3 Å². The van der Waals surface area contributed by atoms with Gasteiger partial charge in [0.1, 0.15) is 0 Å². The second-order valence-electron chi connectivity index (χ2n) is 2.41. The van der Waals surface area contributed by atoms with E-state index in [0.717, 1.165) is 0 Å². The van der Waals surface area contributed by atoms with E-state index in [-0.39, 0.29) is 6.54 Å². The monoisotopic (exact) mass is 127 g/mol. The third-order valence-electron chi connectivity index (χ3n) is 1.25. The average molecular weight is 127 g/mol. The van der Waals surface area contributed by atoms with Crippen LogP contribution in [0.4, 0.5) is 0 Å². The molecule has 0 aliphatic rings. The molecule has 0 radical (unpaired) electrons. The van der Waals surface area contributed by atoms with E-state index in [9.17, 15) is 5.11 Å². The summed E-state index contributed by atoms with van der Waals surface area (Å²) in [5.74, 6) is 2.44. The maximum Gasteiger partial charge on any atom is 0.0750 e. The first-order valence-electron chi connectivity index (χ1n) is 2.98. The largest absolute Gasteiger partial charge is 0.389 e. The summed E-state index contributed by atoms with van der Waals surface area (Å²) in [4.78, 5) is 0. The third kappa shape index (κ3) is 4.01. The lowest BCUT2D eigenvalue weighted by molar-refractivity contribution is 0.0616. The maximum atomic E-state index is 9.23. The predicted molar refractivity (Wildman–Crippen MR) is 37.7 cm³/mol. The van der Waals surface area contributed by atoms with Crippen molar-refractivity contribution in [1.82, 2.24) is 0 Å². The van der Waals surface area contributed by atoms with Crippen molar-refractivity contribution in [2.45, 2.75) is 25.4 Å². The van der Waals surface area contributed by atoms with Gasteiger partial charge in [0.05, 0.1) is 5.60 Å². The molecule has 1 atom stereocenters. The Bertz CT molecular complexity index is 113. The summed E-state index contributed by atoms with van der Waals surface area (Å²) in [5, 5.41) is 9.23. The van der Waals surface area contributed by atoms with Gasteiger partial charge in [-0.05, 0) is 13.3 Å². The van der Waals surface area contributed by atoms with Crippen LogP contribution in [0.1, 0.15) is 19.8 Å². The zero-order valence-electron chi connectivity index (χ0n) is 5.72. The molecular formula is C7H13NO. The molecule has 0 rings (SSSR count). The maximum absolute atomic E-state index is 9.23. The molecule has 52 valence electrons. The number of hydrogen-bond donors (Lipinski definition) is 2. The van der Waals surface area contributed by atoms with Gasteiger partial charge in [0.15, 0.2) is 0 Å². The van der Waals surface area contributed by atoms with Gasteiger partial charge >= 0.3 is 0 Å². The molecular weight excluding hydrogens is 114 g/mol. The van der Waals surface area contributed by atoms with E-state index >= 15 is 0 Å². The molecule has 2 nitrogen and oxygen atoms in total. The Balaban J connectivity index is 3.48. The molecule has 0 aromatic rings. The van der Waals surface area contributed by atoms with Crippen LogP contribution in [0.25, 0.3) is 0 Å². The minimum atomic E-state index is -0.771. The fourth-order valence-corrected chi connectivity index (χ4v) is 0.444. The Hall–Kier alpha value is -0.520. The molecule has 0 saturated carbocycles. The summed E-state index contributed by atoms with van der Waals surface area (Å²) in [6, 6.07) is 0. The summed E-state index contributed by atoms with van der Waals surface area (Å²) in [6.07, 6.45) is 6.16. The summed E-state index contributed by atoms with van der Waals surface area (Å²) in [5.41, 5.74) is 4.46. The second kappa shape index (κ2) is 3.49. The molecule has 9 heavy (non-hydrogen) atoms. The molecule has 0 aromatic heterocycles. The summed E-state index contributed by atoms with van der Waals surface area (Å²) >= 11 is 0. The molecule has 0 aromatic carbocycles. The van der Waals surface area contributed by atoms with E-state index in [0.29, 0.717) is 12.8 Å². The van der Waals surface area contributed by atoms with Crippen LogP contribution in [0.3, 0.4) is 0 Å². The lowest BCUT2D eigenvalue weighted by atomic mass is 10.0. The minimum absolute atomic E-state index is 0.272. The van der Waals surface area contributed by atoms with Crippen LogP contribution in [0.2, 0.25) is 0 Å². The van der Waals surface area contributed by atoms with Gasteiger partial charge in [-0.1, -0.05) is 0 Å². The van der Waals surface area contributed by atoms with Crippen LogP contribution < -0.4 is 5.73 Å². The SMILES string of the molecule is C#CCCC(C)(O)CN. The summed E-state index contributed by atoms with van der Waals surface area (Å²) in [7, 11) is 0. The van der Waals surface area contributed by atoms with E-state index in [1.54, 1.807) is 6.92 Å². The van der Waals surface area contributed by atoms with Crippen LogP contribution in [0.5, 0.6) is 0 Å². The topological polar surface area (TPSA) is 46.2 Å². The molecule has 0 spiro atoms. The zero-order valence-corrected chi connectivity index (χ0v) is 5.72. The van der Waals surface area contributed by atoms with Crippen LogP contribution in [-0.4, -0.2) is 17.3 Å². The fourth-order valence-electron chi connectivity index (χ4n) is 0.444. The van der Waals surface area contributed by atoms with E-state index in [4.69, 9.17) is 12.2 Å². The van der Waals surface area contributed by atoms with E-state index < -0.39 is 5.60 Å². The summed E-state index contributed by atoms with van der Waals surface area (Å²) in [6.45, 7) is 1.96. The quantitative estimate of drug-likeness (QED) is 0.528. The molecule has 3 N–H and O–H groups in total. The van der Waals surface area contributed by atoms with Crippen molar-refractivity contribution in [3.05, 3.63) is 0 Å². The number of nitrogens with two attached hydrogens (primary N) is 1. The van der Waals surface area contributed by atoms with E-state index in [2.05, 4.69) is 5.92 Å². The fraction of sp³-hybridized carbons (Fsp3) is 0.714.